The quantitative estimate of drug-likeness (QED) is 0.830. The predicted octanol–water partition coefficient (Wildman–Crippen LogP) is 2.75. The zero-order valence-corrected chi connectivity index (χ0v) is 11.8. The van der Waals surface area contributed by atoms with E-state index in [1.807, 2.05) is 6.07 Å². The number of thiazole rings is 1. The van der Waals surface area contributed by atoms with Gasteiger partial charge in [0.25, 0.3) is 0 Å². The number of carboxylic acids is 1. The molecule has 7 heteroatoms. The van der Waals surface area contributed by atoms with Crippen LogP contribution in [0.4, 0.5) is 9.52 Å². The maximum Gasteiger partial charge on any atom is 0.305 e. The lowest BCUT2D eigenvalue weighted by Gasteiger charge is -2.16. The molecular weight excluding hydrogens is 293 g/mol. The van der Waals surface area contributed by atoms with Gasteiger partial charge in [-0.25, -0.2) is 9.37 Å². The third-order valence-corrected chi connectivity index (χ3v) is 3.66. The number of hydrogen-bond acceptors (Lipinski definition) is 5. The number of anilines is 1. The van der Waals surface area contributed by atoms with E-state index in [4.69, 9.17) is 10.4 Å². The molecule has 0 saturated carbocycles. The van der Waals surface area contributed by atoms with Crippen molar-refractivity contribution >= 4 is 22.4 Å². The SMILES string of the molecule is N#CCN(CCC(=O)O)c1nc(-c2ccc(F)cc2)cs1. The van der Waals surface area contributed by atoms with Crippen LogP contribution in [0.3, 0.4) is 0 Å². The van der Waals surface area contributed by atoms with E-state index in [0.29, 0.717) is 10.8 Å². The van der Waals surface area contributed by atoms with Crippen molar-refractivity contribution in [2.75, 3.05) is 18.0 Å². The monoisotopic (exact) mass is 305 g/mol. The first kappa shape index (κ1) is 14.9. The first-order valence-corrected chi connectivity index (χ1v) is 7.03. The highest BCUT2D eigenvalue weighted by Gasteiger charge is 2.13. The minimum Gasteiger partial charge on any atom is -0.481 e. The van der Waals surface area contributed by atoms with Crippen LogP contribution in [0.2, 0.25) is 0 Å². The summed E-state index contributed by atoms with van der Waals surface area (Å²) in [5.74, 6) is -1.24. The number of carboxylic acid groups (broad SMARTS) is 1. The van der Waals surface area contributed by atoms with Gasteiger partial charge in [0.05, 0.1) is 18.2 Å². The highest BCUT2D eigenvalue weighted by Crippen LogP contribution is 2.27. The number of halogens is 1. The van der Waals surface area contributed by atoms with E-state index >= 15 is 0 Å². The molecule has 0 spiro atoms. The van der Waals surface area contributed by atoms with Crippen molar-refractivity contribution in [3.63, 3.8) is 0 Å². The van der Waals surface area contributed by atoms with Crippen LogP contribution >= 0.6 is 11.3 Å². The van der Waals surface area contributed by atoms with Crippen molar-refractivity contribution in [2.45, 2.75) is 6.42 Å². The summed E-state index contributed by atoms with van der Waals surface area (Å²) in [6.45, 7) is 0.295. The van der Waals surface area contributed by atoms with Crippen molar-refractivity contribution in [1.29, 1.82) is 5.26 Å². The van der Waals surface area contributed by atoms with Gasteiger partial charge in [-0.1, -0.05) is 0 Å². The Morgan fingerprint density at radius 2 is 2.14 bits per heavy atom. The highest BCUT2D eigenvalue weighted by molar-refractivity contribution is 7.14. The molecule has 108 valence electrons. The van der Waals surface area contributed by atoms with Gasteiger partial charge in [0.2, 0.25) is 0 Å². The summed E-state index contributed by atoms with van der Waals surface area (Å²) in [6, 6.07) is 7.95. The highest BCUT2D eigenvalue weighted by atomic mass is 32.1. The van der Waals surface area contributed by atoms with E-state index in [1.165, 1.54) is 23.5 Å². The fourth-order valence-corrected chi connectivity index (χ4v) is 2.58. The molecule has 0 fully saturated rings. The summed E-state index contributed by atoms with van der Waals surface area (Å²) in [4.78, 5) is 16.6. The Bertz CT molecular complexity index is 664. The Morgan fingerprint density at radius 3 is 2.76 bits per heavy atom. The van der Waals surface area contributed by atoms with Crippen LogP contribution in [-0.4, -0.2) is 29.1 Å². The molecule has 1 aromatic carbocycles. The molecule has 0 amide bonds. The summed E-state index contributed by atoms with van der Waals surface area (Å²) >= 11 is 1.33. The van der Waals surface area contributed by atoms with Crippen molar-refractivity contribution in [2.24, 2.45) is 0 Å². The molecule has 0 aliphatic heterocycles. The minimum atomic E-state index is -0.923. The second kappa shape index (κ2) is 6.81. The van der Waals surface area contributed by atoms with Gasteiger partial charge in [-0.15, -0.1) is 11.3 Å². The summed E-state index contributed by atoms with van der Waals surface area (Å²) in [5.41, 5.74) is 1.45. The van der Waals surface area contributed by atoms with Crippen LogP contribution in [0, 0.1) is 17.1 Å². The molecule has 0 saturated heterocycles. The lowest BCUT2D eigenvalue weighted by atomic mass is 10.2. The molecule has 21 heavy (non-hydrogen) atoms. The number of aliphatic carboxylic acids is 1. The molecule has 0 aliphatic carbocycles. The van der Waals surface area contributed by atoms with Crippen LogP contribution < -0.4 is 4.90 Å². The number of nitriles is 1. The zero-order valence-electron chi connectivity index (χ0n) is 11.0. The van der Waals surface area contributed by atoms with Gasteiger partial charge >= 0.3 is 5.97 Å². The molecule has 2 rings (SSSR count). The third-order valence-electron chi connectivity index (χ3n) is 2.76. The number of nitrogens with zero attached hydrogens (tertiary/aromatic N) is 3. The molecule has 0 radical (unpaired) electrons. The van der Waals surface area contributed by atoms with E-state index in [2.05, 4.69) is 4.98 Å². The number of carbonyl (C=O) groups is 1. The third kappa shape index (κ3) is 4.00. The smallest absolute Gasteiger partial charge is 0.305 e. The Hall–Kier alpha value is -2.46. The van der Waals surface area contributed by atoms with E-state index < -0.39 is 5.97 Å². The molecule has 0 bridgehead atoms. The zero-order chi connectivity index (χ0) is 15.2. The average Bonchev–Trinajstić information content (AvgIpc) is 2.93. The van der Waals surface area contributed by atoms with Crippen LogP contribution in [0.15, 0.2) is 29.6 Å². The van der Waals surface area contributed by atoms with Crippen molar-refractivity contribution in [3.05, 3.63) is 35.5 Å². The standard InChI is InChI=1S/C14H12FN3O2S/c15-11-3-1-10(2-4-11)12-9-21-14(17-12)18(8-6-16)7-5-13(19)20/h1-4,9H,5,7-8H2,(H,19,20). The van der Waals surface area contributed by atoms with Crippen molar-refractivity contribution in [3.8, 4) is 17.3 Å². The fraction of sp³-hybridized carbons (Fsp3) is 0.214. The van der Waals surface area contributed by atoms with Gasteiger partial charge in [0, 0.05) is 17.5 Å². The van der Waals surface area contributed by atoms with E-state index in [1.54, 1.807) is 22.4 Å². The summed E-state index contributed by atoms with van der Waals surface area (Å²) in [6.07, 6.45) is -0.0624. The van der Waals surface area contributed by atoms with Gasteiger partial charge in [-0.3, -0.25) is 4.79 Å². The lowest BCUT2D eigenvalue weighted by Crippen LogP contribution is -2.26. The number of rotatable bonds is 6. The topological polar surface area (TPSA) is 77.2 Å². The maximum atomic E-state index is 12.9. The van der Waals surface area contributed by atoms with E-state index in [9.17, 15) is 9.18 Å². The predicted molar refractivity (Wildman–Crippen MR) is 77.6 cm³/mol. The van der Waals surface area contributed by atoms with Gasteiger partial charge in [-0.2, -0.15) is 5.26 Å². The van der Waals surface area contributed by atoms with Crippen molar-refractivity contribution in [1.82, 2.24) is 4.98 Å². The minimum absolute atomic E-state index is 0.0624. The first-order valence-electron chi connectivity index (χ1n) is 6.15. The number of hydrogen-bond donors (Lipinski definition) is 1. The van der Waals surface area contributed by atoms with Gasteiger partial charge < -0.3 is 10.0 Å². The summed E-state index contributed by atoms with van der Waals surface area (Å²) in [7, 11) is 0. The summed E-state index contributed by atoms with van der Waals surface area (Å²) < 4.78 is 12.9. The van der Waals surface area contributed by atoms with Crippen LogP contribution in [0.25, 0.3) is 11.3 Å². The Kier molecular flexibility index (Phi) is 4.85. The lowest BCUT2D eigenvalue weighted by molar-refractivity contribution is -0.136. The molecule has 1 heterocycles. The molecule has 1 N–H and O–H groups in total. The van der Waals surface area contributed by atoms with Gasteiger partial charge in [-0.05, 0) is 24.3 Å². The van der Waals surface area contributed by atoms with E-state index in [0.717, 1.165) is 5.56 Å². The van der Waals surface area contributed by atoms with Crippen LogP contribution in [0.5, 0.6) is 0 Å². The van der Waals surface area contributed by atoms with E-state index in [-0.39, 0.29) is 25.3 Å². The Labute approximate surface area is 124 Å². The van der Waals surface area contributed by atoms with Crippen molar-refractivity contribution < 1.29 is 14.3 Å². The molecule has 0 aliphatic rings. The Balaban J connectivity index is 2.17. The summed E-state index contributed by atoms with van der Waals surface area (Å²) in [5, 5.41) is 19.9. The maximum absolute atomic E-state index is 12.9. The average molecular weight is 305 g/mol. The molecule has 0 unspecified atom stereocenters. The molecular formula is C14H12FN3O2S. The first-order chi connectivity index (χ1) is 10.1. The molecule has 0 atom stereocenters. The largest absolute Gasteiger partial charge is 0.481 e. The van der Waals surface area contributed by atoms with Gasteiger partial charge in [0.15, 0.2) is 5.13 Å². The number of benzene rings is 1. The Morgan fingerprint density at radius 1 is 1.43 bits per heavy atom. The van der Waals surface area contributed by atoms with Gasteiger partial charge in [0.1, 0.15) is 12.4 Å². The number of aromatic nitrogens is 1. The second-order valence-electron chi connectivity index (χ2n) is 4.25. The molecule has 2 aromatic rings. The normalized spacial score (nSPS) is 10.1. The molecule has 5 nitrogen and oxygen atoms in total. The fourth-order valence-electron chi connectivity index (χ4n) is 1.72. The second-order valence-corrected chi connectivity index (χ2v) is 5.08. The van der Waals surface area contributed by atoms with Crippen LogP contribution in [0.1, 0.15) is 6.42 Å². The van der Waals surface area contributed by atoms with Crippen LogP contribution in [-0.2, 0) is 4.79 Å². The molecule has 1 aromatic heterocycles.